The molecule has 1 heterocycles. The molecule has 1 rings (SSSR count). The van der Waals surface area contributed by atoms with Crippen molar-refractivity contribution in [2.24, 2.45) is 0 Å². The summed E-state index contributed by atoms with van der Waals surface area (Å²) in [5.41, 5.74) is 1.05. The van der Waals surface area contributed by atoms with Crippen molar-refractivity contribution in [1.82, 2.24) is 10.3 Å². The molecule has 0 aliphatic carbocycles. The van der Waals surface area contributed by atoms with Crippen LogP contribution in [0, 0.1) is 0 Å². The molecule has 1 N–H and O–H groups in total. The van der Waals surface area contributed by atoms with Gasteiger partial charge in [-0.2, -0.15) is 0 Å². The number of nitrogens with zero attached hydrogens (tertiary/aromatic N) is 1. The van der Waals surface area contributed by atoms with Gasteiger partial charge >= 0.3 is 0 Å². The average molecular weight is 241 g/mol. The maximum Gasteiger partial charge on any atom is 0.0570 e. The molecule has 0 amide bonds. The molecular formula is C10H13BrN2. The molecule has 0 bridgehead atoms. The molecule has 0 spiro atoms. The maximum absolute atomic E-state index is 4.25. The minimum absolute atomic E-state index is 0.260. The lowest BCUT2D eigenvalue weighted by Gasteiger charge is -2.11. The van der Waals surface area contributed by atoms with Gasteiger partial charge < -0.3 is 5.32 Å². The number of halogens is 1. The van der Waals surface area contributed by atoms with Crippen LogP contribution in [-0.2, 0) is 0 Å². The van der Waals surface area contributed by atoms with Crippen LogP contribution >= 0.6 is 15.9 Å². The van der Waals surface area contributed by atoms with Crippen molar-refractivity contribution >= 4 is 15.9 Å². The predicted molar refractivity (Wildman–Crippen MR) is 58.7 cm³/mol. The van der Waals surface area contributed by atoms with E-state index in [0.717, 1.165) is 16.7 Å². The van der Waals surface area contributed by atoms with Crippen LogP contribution in [-0.4, -0.2) is 11.5 Å². The summed E-state index contributed by atoms with van der Waals surface area (Å²) in [5, 5.41) is 3.29. The fourth-order valence-electron chi connectivity index (χ4n) is 1.00. The summed E-state index contributed by atoms with van der Waals surface area (Å²) in [7, 11) is 0. The van der Waals surface area contributed by atoms with E-state index in [1.165, 1.54) is 0 Å². The van der Waals surface area contributed by atoms with Gasteiger partial charge in [0.05, 0.1) is 5.69 Å². The third-order valence-corrected chi connectivity index (χ3v) is 2.01. The zero-order chi connectivity index (χ0) is 9.68. The van der Waals surface area contributed by atoms with Gasteiger partial charge in [0.25, 0.3) is 0 Å². The third-order valence-electron chi connectivity index (χ3n) is 1.73. The highest BCUT2D eigenvalue weighted by molar-refractivity contribution is 9.11. The molecule has 1 aromatic rings. The lowest BCUT2D eigenvalue weighted by Crippen LogP contribution is -2.20. The van der Waals surface area contributed by atoms with Crippen LogP contribution in [0.25, 0.3) is 0 Å². The molecule has 0 aromatic carbocycles. The Balaban J connectivity index is 2.49. The van der Waals surface area contributed by atoms with E-state index in [1.54, 1.807) is 6.20 Å². The minimum atomic E-state index is 0.260. The number of pyridine rings is 1. The van der Waals surface area contributed by atoms with Crippen LogP contribution in [0.4, 0.5) is 0 Å². The highest BCUT2D eigenvalue weighted by Crippen LogP contribution is 2.09. The lowest BCUT2D eigenvalue weighted by molar-refractivity contribution is 0.599. The van der Waals surface area contributed by atoms with Crippen LogP contribution < -0.4 is 5.32 Å². The Bertz CT molecular complexity index is 272. The number of hydrogen-bond donors (Lipinski definition) is 1. The van der Waals surface area contributed by atoms with E-state index >= 15 is 0 Å². The second-order valence-corrected chi connectivity index (χ2v) is 4.00. The van der Waals surface area contributed by atoms with Crippen LogP contribution in [0.1, 0.15) is 18.7 Å². The highest BCUT2D eigenvalue weighted by atomic mass is 79.9. The third kappa shape index (κ3) is 3.70. The largest absolute Gasteiger partial charge is 0.304 e. The van der Waals surface area contributed by atoms with Crippen molar-refractivity contribution in [3.8, 4) is 0 Å². The smallest absolute Gasteiger partial charge is 0.0570 e. The SMILES string of the molecule is C=C(Br)CN[C@H](C)c1ccccn1. The number of rotatable bonds is 4. The first kappa shape index (κ1) is 10.4. The maximum atomic E-state index is 4.25. The predicted octanol–water partition coefficient (Wildman–Crippen LogP) is 2.64. The van der Waals surface area contributed by atoms with Gasteiger partial charge in [-0.25, -0.2) is 0 Å². The molecule has 1 aromatic heterocycles. The molecule has 1 atom stereocenters. The molecule has 0 saturated heterocycles. The monoisotopic (exact) mass is 240 g/mol. The fraction of sp³-hybridized carbons (Fsp3) is 0.300. The summed E-state index contributed by atoms with van der Waals surface area (Å²) < 4.78 is 0.954. The molecule has 13 heavy (non-hydrogen) atoms. The van der Waals surface area contributed by atoms with Gasteiger partial charge in [0, 0.05) is 23.3 Å². The Morgan fingerprint density at radius 3 is 3.00 bits per heavy atom. The highest BCUT2D eigenvalue weighted by Gasteiger charge is 2.04. The number of aromatic nitrogens is 1. The van der Waals surface area contributed by atoms with E-state index in [4.69, 9.17) is 0 Å². The topological polar surface area (TPSA) is 24.9 Å². The molecule has 0 fully saturated rings. The quantitative estimate of drug-likeness (QED) is 0.876. The van der Waals surface area contributed by atoms with Gasteiger partial charge in [-0.05, 0) is 19.1 Å². The van der Waals surface area contributed by atoms with E-state index in [9.17, 15) is 0 Å². The van der Waals surface area contributed by atoms with Crippen molar-refractivity contribution in [3.63, 3.8) is 0 Å². The van der Waals surface area contributed by atoms with Gasteiger partial charge in [-0.15, -0.1) is 0 Å². The second-order valence-electron chi connectivity index (χ2n) is 2.87. The van der Waals surface area contributed by atoms with Gasteiger partial charge in [-0.1, -0.05) is 28.6 Å². The van der Waals surface area contributed by atoms with E-state index in [-0.39, 0.29) is 6.04 Å². The van der Waals surface area contributed by atoms with Crippen molar-refractivity contribution in [1.29, 1.82) is 0 Å². The van der Waals surface area contributed by atoms with Gasteiger partial charge in [0.15, 0.2) is 0 Å². The van der Waals surface area contributed by atoms with Crippen LogP contribution in [0.2, 0.25) is 0 Å². The second kappa shape index (κ2) is 5.14. The Labute approximate surface area is 87.2 Å². The summed E-state index contributed by atoms with van der Waals surface area (Å²) >= 11 is 3.30. The normalized spacial score (nSPS) is 12.5. The molecule has 2 nitrogen and oxygen atoms in total. The molecular weight excluding hydrogens is 228 g/mol. The number of nitrogens with one attached hydrogen (secondary N) is 1. The number of hydrogen-bond acceptors (Lipinski definition) is 2. The summed E-state index contributed by atoms with van der Waals surface area (Å²) in [4.78, 5) is 4.25. The van der Waals surface area contributed by atoms with Crippen molar-refractivity contribution < 1.29 is 0 Å². The van der Waals surface area contributed by atoms with Gasteiger partial charge in [0.1, 0.15) is 0 Å². The molecule has 0 unspecified atom stereocenters. The average Bonchev–Trinajstić information content (AvgIpc) is 2.15. The Kier molecular flexibility index (Phi) is 4.12. The first-order chi connectivity index (χ1) is 6.20. The summed E-state index contributed by atoms with van der Waals surface area (Å²) in [6, 6.07) is 6.17. The van der Waals surface area contributed by atoms with Gasteiger partial charge in [0.2, 0.25) is 0 Å². The fourth-order valence-corrected chi connectivity index (χ4v) is 1.16. The van der Waals surface area contributed by atoms with Crippen LogP contribution in [0.5, 0.6) is 0 Å². The van der Waals surface area contributed by atoms with Crippen LogP contribution in [0.3, 0.4) is 0 Å². The van der Waals surface area contributed by atoms with E-state index in [0.29, 0.717) is 0 Å². The van der Waals surface area contributed by atoms with Gasteiger partial charge in [-0.3, -0.25) is 4.98 Å². The van der Waals surface area contributed by atoms with E-state index in [1.807, 2.05) is 18.2 Å². The van der Waals surface area contributed by atoms with E-state index in [2.05, 4.69) is 39.7 Å². The first-order valence-corrected chi connectivity index (χ1v) is 4.97. The summed E-state index contributed by atoms with van der Waals surface area (Å²) in [6.45, 7) is 6.60. The lowest BCUT2D eigenvalue weighted by atomic mass is 10.2. The standard InChI is InChI=1S/C10H13BrN2/c1-8(11)7-13-9(2)10-5-3-4-6-12-10/h3-6,9,13H,1,7H2,2H3/t9-/m1/s1. The molecule has 0 radical (unpaired) electrons. The molecule has 0 aliphatic heterocycles. The van der Waals surface area contributed by atoms with Crippen LogP contribution in [0.15, 0.2) is 35.5 Å². The molecule has 70 valence electrons. The summed E-state index contributed by atoms with van der Waals surface area (Å²) in [6.07, 6.45) is 1.80. The molecule has 3 heteroatoms. The zero-order valence-electron chi connectivity index (χ0n) is 7.63. The Morgan fingerprint density at radius 1 is 1.69 bits per heavy atom. The van der Waals surface area contributed by atoms with Crippen molar-refractivity contribution in [3.05, 3.63) is 41.2 Å². The molecule has 0 aliphatic rings. The Hall–Kier alpha value is -0.670. The minimum Gasteiger partial charge on any atom is -0.304 e. The van der Waals surface area contributed by atoms with Crippen molar-refractivity contribution in [2.45, 2.75) is 13.0 Å². The first-order valence-electron chi connectivity index (χ1n) is 4.17. The zero-order valence-corrected chi connectivity index (χ0v) is 9.21. The van der Waals surface area contributed by atoms with Crippen molar-refractivity contribution in [2.75, 3.05) is 6.54 Å². The van der Waals surface area contributed by atoms with E-state index < -0.39 is 0 Å². The Morgan fingerprint density at radius 2 is 2.46 bits per heavy atom. The summed E-state index contributed by atoms with van der Waals surface area (Å²) in [5.74, 6) is 0. The molecule has 0 saturated carbocycles.